The Labute approximate surface area is 157 Å². The van der Waals surface area contributed by atoms with E-state index in [2.05, 4.69) is 27.2 Å². The predicted octanol–water partition coefficient (Wildman–Crippen LogP) is 4.53. The van der Waals surface area contributed by atoms with Gasteiger partial charge in [-0.05, 0) is 55.8 Å². The average Bonchev–Trinajstić information content (AvgIpc) is 3.03. The van der Waals surface area contributed by atoms with Crippen LogP contribution >= 0.6 is 11.6 Å². The fourth-order valence-corrected chi connectivity index (χ4v) is 3.97. The number of aromatic nitrogens is 2. The van der Waals surface area contributed by atoms with Gasteiger partial charge in [-0.1, -0.05) is 17.7 Å². The lowest BCUT2D eigenvalue weighted by Gasteiger charge is -2.26. The highest BCUT2D eigenvalue weighted by atomic mass is 35.5. The average molecular weight is 371 g/mol. The third-order valence-electron chi connectivity index (χ3n) is 5.16. The van der Waals surface area contributed by atoms with Crippen molar-refractivity contribution in [1.82, 2.24) is 14.9 Å². The van der Waals surface area contributed by atoms with Crippen LogP contribution in [0.25, 0.3) is 10.8 Å². The van der Waals surface area contributed by atoms with Gasteiger partial charge in [0.2, 0.25) is 0 Å². The Balaban J connectivity index is 1.55. The van der Waals surface area contributed by atoms with E-state index in [1.54, 1.807) is 24.5 Å². The number of nitrogens with zero attached hydrogens (tertiary/aromatic N) is 3. The normalized spacial score (nSPS) is 20.6. The van der Waals surface area contributed by atoms with Gasteiger partial charge in [0, 0.05) is 41.9 Å². The molecule has 4 rings (SSSR count). The van der Waals surface area contributed by atoms with Crippen molar-refractivity contribution in [3.05, 3.63) is 65.3 Å². The third kappa shape index (κ3) is 3.24. The molecule has 0 radical (unpaired) electrons. The molecule has 2 aromatic heterocycles. The molecule has 2 unspecified atom stereocenters. The zero-order valence-corrected chi connectivity index (χ0v) is 15.2. The zero-order valence-electron chi connectivity index (χ0n) is 14.5. The molecule has 3 heterocycles. The standard InChI is InChI=1S/C20H20ClFN4/c1-26-9-6-15(19(26)13-2-3-17(21)18(22)10-13)12-25-20-16-5-7-23-11-14(16)4-8-24-20/h2-5,7-8,10-11,15,19H,6,9,12H2,1H3,(H,24,25). The first kappa shape index (κ1) is 17.2. The van der Waals surface area contributed by atoms with Gasteiger partial charge in [0.15, 0.2) is 0 Å². The first-order chi connectivity index (χ1) is 12.6. The number of halogens is 2. The lowest BCUT2D eigenvalue weighted by Crippen LogP contribution is -2.25. The van der Waals surface area contributed by atoms with Gasteiger partial charge >= 0.3 is 0 Å². The molecule has 6 heteroatoms. The number of nitrogens with one attached hydrogen (secondary N) is 1. The number of hydrogen-bond acceptors (Lipinski definition) is 4. The molecular formula is C20H20ClFN4. The summed E-state index contributed by atoms with van der Waals surface area (Å²) in [7, 11) is 2.08. The first-order valence-corrected chi connectivity index (χ1v) is 9.09. The molecule has 0 aliphatic carbocycles. The van der Waals surface area contributed by atoms with Crippen LogP contribution in [0.4, 0.5) is 10.2 Å². The van der Waals surface area contributed by atoms with Crippen molar-refractivity contribution in [3.63, 3.8) is 0 Å². The minimum absolute atomic E-state index is 0.158. The number of likely N-dealkylation sites (tertiary alicyclic amines) is 1. The molecule has 4 nitrogen and oxygen atoms in total. The summed E-state index contributed by atoms with van der Waals surface area (Å²) in [5.41, 5.74) is 0.966. The van der Waals surface area contributed by atoms with E-state index in [9.17, 15) is 4.39 Å². The monoisotopic (exact) mass is 370 g/mol. The SMILES string of the molecule is CN1CCC(CNc2nccc3cnccc23)C1c1ccc(Cl)c(F)c1. The maximum Gasteiger partial charge on any atom is 0.142 e. The van der Waals surface area contributed by atoms with Crippen LogP contribution < -0.4 is 5.32 Å². The molecule has 0 spiro atoms. The van der Waals surface area contributed by atoms with Crippen molar-refractivity contribution in [2.24, 2.45) is 5.92 Å². The molecule has 134 valence electrons. The Bertz CT molecular complexity index is 927. The van der Waals surface area contributed by atoms with Crippen LogP contribution in [0.1, 0.15) is 18.0 Å². The van der Waals surface area contributed by atoms with Crippen molar-refractivity contribution < 1.29 is 4.39 Å². The predicted molar refractivity (Wildman–Crippen MR) is 103 cm³/mol. The van der Waals surface area contributed by atoms with Crippen LogP contribution in [0, 0.1) is 11.7 Å². The molecule has 0 amide bonds. The van der Waals surface area contributed by atoms with Gasteiger partial charge in [-0.2, -0.15) is 0 Å². The maximum absolute atomic E-state index is 13.9. The van der Waals surface area contributed by atoms with E-state index in [4.69, 9.17) is 11.6 Å². The number of benzene rings is 1. The molecule has 1 N–H and O–H groups in total. The minimum Gasteiger partial charge on any atom is -0.369 e. The van der Waals surface area contributed by atoms with Gasteiger partial charge in [-0.3, -0.25) is 9.88 Å². The highest BCUT2D eigenvalue weighted by Crippen LogP contribution is 2.37. The fraction of sp³-hybridized carbons (Fsp3) is 0.300. The Morgan fingerprint density at radius 2 is 2.15 bits per heavy atom. The van der Waals surface area contributed by atoms with Gasteiger partial charge in [0.05, 0.1) is 5.02 Å². The highest BCUT2D eigenvalue weighted by molar-refractivity contribution is 6.30. The second kappa shape index (κ2) is 7.17. The van der Waals surface area contributed by atoms with E-state index < -0.39 is 0 Å². The molecule has 1 saturated heterocycles. The minimum atomic E-state index is -0.362. The Kier molecular flexibility index (Phi) is 4.74. The molecule has 1 aromatic carbocycles. The van der Waals surface area contributed by atoms with Crippen LogP contribution in [0.2, 0.25) is 5.02 Å². The van der Waals surface area contributed by atoms with E-state index >= 15 is 0 Å². The van der Waals surface area contributed by atoms with Crippen molar-refractivity contribution in [2.45, 2.75) is 12.5 Å². The number of pyridine rings is 2. The van der Waals surface area contributed by atoms with Gasteiger partial charge in [-0.25, -0.2) is 9.37 Å². The molecule has 26 heavy (non-hydrogen) atoms. The van der Waals surface area contributed by atoms with E-state index in [1.165, 1.54) is 0 Å². The van der Waals surface area contributed by atoms with Crippen LogP contribution in [-0.2, 0) is 0 Å². The highest BCUT2D eigenvalue weighted by Gasteiger charge is 2.33. The van der Waals surface area contributed by atoms with Gasteiger partial charge < -0.3 is 5.32 Å². The number of rotatable bonds is 4. The molecule has 2 atom stereocenters. The van der Waals surface area contributed by atoms with Crippen molar-refractivity contribution in [2.75, 3.05) is 25.5 Å². The number of anilines is 1. The molecule has 3 aromatic rings. The molecule has 0 saturated carbocycles. The van der Waals surface area contributed by atoms with Crippen LogP contribution in [0.15, 0.2) is 48.9 Å². The topological polar surface area (TPSA) is 41.0 Å². The summed E-state index contributed by atoms with van der Waals surface area (Å²) in [5, 5.41) is 5.77. The Morgan fingerprint density at radius 3 is 3.00 bits per heavy atom. The molecule has 1 aliphatic heterocycles. The Hall–Kier alpha value is -2.24. The summed E-state index contributed by atoms with van der Waals surface area (Å²) in [6.45, 7) is 1.75. The fourth-order valence-electron chi connectivity index (χ4n) is 3.85. The summed E-state index contributed by atoms with van der Waals surface area (Å²) in [5.74, 6) is 0.861. The van der Waals surface area contributed by atoms with E-state index in [-0.39, 0.29) is 16.9 Å². The maximum atomic E-state index is 13.9. The lowest BCUT2D eigenvalue weighted by molar-refractivity contribution is 0.281. The summed E-state index contributed by atoms with van der Waals surface area (Å²) in [6.07, 6.45) is 6.45. The number of hydrogen-bond donors (Lipinski definition) is 1. The molecule has 1 aliphatic rings. The summed E-state index contributed by atoms with van der Waals surface area (Å²) < 4.78 is 13.9. The van der Waals surface area contributed by atoms with Gasteiger partial charge in [-0.15, -0.1) is 0 Å². The lowest BCUT2D eigenvalue weighted by atomic mass is 9.93. The van der Waals surface area contributed by atoms with Crippen LogP contribution in [0.5, 0.6) is 0 Å². The van der Waals surface area contributed by atoms with E-state index in [0.717, 1.165) is 41.7 Å². The first-order valence-electron chi connectivity index (χ1n) is 8.71. The number of fused-ring (bicyclic) bond motifs is 1. The van der Waals surface area contributed by atoms with Crippen LogP contribution in [-0.4, -0.2) is 35.0 Å². The largest absolute Gasteiger partial charge is 0.369 e. The van der Waals surface area contributed by atoms with Gasteiger partial charge in [0.25, 0.3) is 0 Å². The second-order valence-corrected chi connectivity index (χ2v) is 7.19. The van der Waals surface area contributed by atoms with Crippen molar-refractivity contribution >= 4 is 28.2 Å². The second-order valence-electron chi connectivity index (χ2n) is 6.79. The zero-order chi connectivity index (χ0) is 18.1. The van der Waals surface area contributed by atoms with E-state index in [0.29, 0.717) is 5.92 Å². The summed E-state index contributed by atoms with van der Waals surface area (Å²) in [6, 6.07) is 9.21. The Morgan fingerprint density at radius 1 is 1.27 bits per heavy atom. The molecule has 1 fully saturated rings. The van der Waals surface area contributed by atoms with Gasteiger partial charge in [0.1, 0.15) is 11.6 Å². The van der Waals surface area contributed by atoms with E-state index in [1.807, 2.05) is 24.4 Å². The van der Waals surface area contributed by atoms with Crippen LogP contribution in [0.3, 0.4) is 0 Å². The van der Waals surface area contributed by atoms with Crippen molar-refractivity contribution in [1.29, 1.82) is 0 Å². The molecule has 0 bridgehead atoms. The van der Waals surface area contributed by atoms with Crippen molar-refractivity contribution in [3.8, 4) is 0 Å². The molecular weight excluding hydrogens is 351 g/mol. The third-order valence-corrected chi connectivity index (χ3v) is 5.46. The summed E-state index contributed by atoms with van der Waals surface area (Å²) in [4.78, 5) is 10.9. The summed E-state index contributed by atoms with van der Waals surface area (Å²) >= 11 is 5.84. The quantitative estimate of drug-likeness (QED) is 0.732. The smallest absolute Gasteiger partial charge is 0.142 e.